The summed E-state index contributed by atoms with van der Waals surface area (Å²) in [5, 5.41) is 2.54. The van der Waals surface area contributed by atoms with Crippen LogP contribution >= 0.6 is 11.3 Å². The maximum atomic E-state index is 7.01. The molecule has 0 fully saturated rings. The monoisotopic (exact) mass is 1010 g/mol. The number of hydrogen-bond donors (Lipinski definition) is 0. The van der Waals surface area contributed by atoms with E-state index in [4.69, 9.17) is 9.72 Å². The van der Waals surface area contributed by atoms with Gasteiger partial charge in [-0.25, -0.2) is 4.98 Å². The molecule has 0 bridgehead atoms. The van der Waals surface area contributed by atoms with Crippen LogP contribution in [0, 0.1) is 0 Å². The van der Waals surface area contributed by atoms with Gasteiger partial charge in [0.25, 0.3) is 0 Å². The third-order valence-electron chi connectivity index (χ3n) is 15.5. The van der Waals surface area contributed by atoms with Crippen LogP contribution in [0.15, 0.2) is 182 Å². The first-order valence-electron chi connectivity index (χ1n) is 26.9. The zero-order valence-electron chi connectivity index (χ0n) is 46.1. The van der Waals surface area contributed by atoms with Gasteiger partial charge in [-0.2, -0.15) is 0 Å². The summed E-state index contributed by atoms with van der Waals surface area (Å²) in [7, 11) is 0. The van der Waals surface area contributed by atoms with Crippen LogP contribution in [0.25, 0.3) is 70.4 Å². The molecule has 380 valence electrons. The van der Waals surface area contributed by atoms with Crippen LogP contribution in [0.4, 0.5) is 22.7 Å². The highest BCUT2D eigenvalue weighted by molar-refractivity contribution is 7.26. The van der Waals surface area contributed by atoms with Gasteiger partial charge < -0.3 is 14.5 Å². The molecule has 0 saturated heterocycles. The molecule has 8 aromatic carbocycles. The van der Waals surface area contributed by atoms with E-state index in [2.05, 4.69) is 273 Å². The Kier molecular flexibility index (Phi) is 11.6. The number of anilines is 4. The number of thiophene rings is 1. The van der Waals surface area contributed by atoms with Crippen LogP contribution in [0.3, 0.4) is 0 Å². The molecule has 3 aromatic heterocycles. The molecule has 76 heavy (non-hydrogen) atoms. The molecule has 1 aliphatic rings. The second-order valence-corrected chi connectivity index (χ2v) is 26.1. The van der Waals surface area contributed by atoms with E-state index in [-0.39, 0.29) is 21.7 Å². The van der Waals surface area contributed by atoms with Crippen LogP contribution in [0.1, 0.15) is 105 Å². The second-order valence-electron chi connectivity index (χ2n) is 25.1. The normalized spacial score (nSPS) is 13.4. The Hall–Kier alpha value is -7.67. The van der Waals surface area contributed by atoms with Crippen molar-refractivity contribution in [3.05, 3.63) is 204 Å². The van der Waals surface area contributed by atoms with E-state index in [1.165, 1.54) is 81.5 Å². The Balaban J connectivity index is 0.993. The van der Waals surface area contributed by atoms with E-state index >= 15 is 0 Å². The van der Waals surface area contributed by atoms with E-state index in [0.717, 1.165) is 45.4 Å². The average molecular weight is 1010 g/mol. The van der Waals surface area contributed by atoms with Crippen molar-refractivity contribution in [1.29, 1.82) is 0 Å². The van der Waals surface area contributed by atoms with Gasteiger partial charge in [0.05, 0.1) is 28.1 Å². The van der Waals surface area contributed by atoms with Gasteiger partial charge in [-0.1, -0.05) is 180 Å². The summed E-state index contributed by atoms with van der Waals surface area (Å²) in [6.07, 6.45) is 1.95. The molecule has 0 radical (unpaired) electrons. The minimum absolute atomic E-state index is 0.0172. The van der Waals surface area contributed by atoms with Gasteiger partial charge in [-0.15, -0.1) is 11.3 Å². The van der Waals surface area contributed by atoms with E-state index in [1.54, 1.807) is 0 Å². The van der Waals surface area contributed by atoms with E-state index < -0.39 is 0 Å². The molecular weight excluding hydrogens is 945 g/mol. The summed E-state index contributed by atoms with van der Waals surface area (Å²) < 4.78 is 11.8. The molecule has 0 atom stereocenters. The van der Waals surface area contributed by atoms with Crippen molar-refractivity contribution < 1.29 is 4.74 Å². The first-order chi connectivity index (χ1) is 36.2. The van der Waals surface area contributed by atoms with E-state index in [0.29, 0.717) is 6.67 Å². The maximum absolute atomic E-state index is 7.01. The van der Waals surface area contributed by atoms with Crippen molar-refractivity contribution in [2.24, 2.45) is 0 Å². The summed E-state index contributed by atoms with van der Waals surface area (Å²) in [4.78, 5) is 9.98. The molecular formula is C70H68N4OS. The summed E-state index contributed by atoms with van der Waals surface area (Å²) in [6.45, 7) is 28.4. The quantitative estimate of drug-likeness (QED) is 0.152. The minimum atomic E-state index is -0.120. The Labute approximate surface area is 453 Å². The standard InChI is InChI=1S/C70H68N4OS/c1-67(2,3)48-32-33-71-63(39-48)74-59-26-19-27-61-64(59)65-60(74)41-54(42-62(65)76-61)75-53-23-18-22-52(40-53)72-43-73(58-25-17-16-24-57(58)72)66-55(46-30-28-45(29-31-46)44-20-14-13-15-21-44)37-51(70(10,11)12)38-56(66)47-34-49(68(4,5)6)36-50(35-47)69(7,8)9/h13-42H,43H2,1-12H3. The zero-order chi connectivity index (χ0) is 53.1. The van der Waals surface area contributed by atoms with Crippen LogP contribution in [-0.4, -0.2) is 16.2 Å². The molecule has 0 amide bonds. The smallest absolute Gasteiger partial charge is 0.137 e. The molecule has 0 saturated carbocycles. The maximum Gasteiger partial charge on any atom is 0.137 e. The van der Waals surface area contributed by atoms with E-state index in [1.807, 2.05) is 17.5 Å². The summed E-state index contributed by atoms with van der Waals surface area (Å²) >= 11 is 1.82. The predicted octanol–water partition coefficient (Wildman–Crippen LogP) is 20.1. The van der Waals surface area contributed by atoms with Gasteiger partial charge in [0, 0.05) is 55.3 Å². The van der Waals surface area contributed by atoms with Crippen LogP contribution in [-0.2, 0) is 21.7 Å². The fraction of sp³-hybridized carbons (Fsp3) is 0.243. The lowest BCUT2D eigenvalue weighted by Gasteiger charge is -2.32. The Morgan fingerprint density at radius 3 is 1.67 bits per heavy atom. The lowest BCUT2D eigenvalue weighted by atomic mass is 9.77. The SMILES string of the molecule is CC(C)(C)c1cc(-c2cc(C(C)(C)C)cc(-c3ccc(-c4ccccc4)cc3)c2N2CN(c3cccc(Oc4cc5sc6cccc7c6c5c(c4)n7-c4cc(C(C)(C)C)ccn4)c3)c3ccccc32)cc(C(C)(C)C)c1. The molecule has 0 aliphatic carbocycles. The first-order valence-corrected chi connectivity index (χ1v) is 27.7. The van der Waals surface area contributed by atoms with Crippen molar-refractivity contribution in [2.75, 3.05) is 16.5 Å². The molecule has 5 nitrogen and oxygen atoms in total. The summed E-state index contributed by atoms with van der Waals surface area (Å²) in [5.41, 5.74) is 19.0. The first kappa shape index (κ1) is 49.2. The Bertz CT molecular complexity index is 3950. The van der Waals surface area contributed by atoms with Gasteiger partial charge in [0.1, 0.15) is 24.0 Å². The average Bonchev–Trinajstić information content (AvgIpc) is 4.25. The van der Waals surface area contributed by atoms with Gasteiger partial charge in [-0.05, 0) is 133 Å². The molecule has 12 rings (SSSR count). The number of ether oxygens (including phenoxy) is 1. The number of pyridine rings is 1. The number of fused-ring (bicyclic) bond motifs is 1. The number of hydrogen-bond acceptors (Lipinski definition) is 5. The number of para-hydroxylation sites is 2. The predicted molar refractivity (Wildman–Crippen MR) is 325 cm³/mol. The van der Waals surface area contributed by atoms with Crippen molar-refractivity contribution >= 4 is 65.3 Å². The summed E-state index contributed by atoms with van der Waals surface area (Å²) in [6, 6.07) is 65.2. The summed E-state index contributed by atoms with van der Waals surface area (Å²) in [5.74, 6) is 2.49. The number of nitrogens with zero attached hydrogens (tertiary/aromatic N) is 4. The zero-order valence-corrected chi connectivity index (χ0v) is 46.9. The Morgan fingerprint density at radius 2 is 1.00 bits per heavy atom. The van der Waals surface area contributed by atoms with E-state index in [9.17, 15) is 0 Å². The highest BCUT2D eigenvalue weighted by Gasteiger charge is 2.34. The molecule has 4 heterocycles. The van der Waals surface area contributed by atoms with Crippen molar-refractivity contribution in [1.82, 2.24) is 9.55 Å². The van der Waals surface area contributed by atoms with Crippen LogP contribution in [0.2, 0.25) is 0 Å². The van der Waals surface area contributed by atoms with Crippen LogP contribution < -0.4 is 14.5 Å². The largest absolute Gasteiger partial charge is 0.457 e. The molecule has 0 N–H and O–H groups in total. The highest BCUT2D eigenvalue weighted by atomic mass is 32.1. The van der Waals surface area contributed by atoms with Crippen molar-refractivity contribution in [2.45, 2.75) is 105 Å². The second kappa shape index (κ2) is 18.0. The molecule has 6 heteroatoms. The molecule has 1 aliphatic heterocycles. The fourth-order valence-corrected chi connectivity index (χ4v) is 12.3. The number of benzene rings is 8. The van der Waals surface area contributed by atoms with Gasteiger partial charge >= 0.3 is 0 Å². The molecule has 0 spiro atoms. The van der Waals surface area contributed by atoms with Gasteiger partial charge in [-0.3, -0.25) is 4.57 Å². The number of aromatic nitrogens is 2. The topological polar surface area (TPSA) is 33.5 Å². The minimum Gasteiger partial charge on any atom is -0.457 e. The van der Waals surface area contributed by atoms with Crippen molar-refractivity contribution in [3.63, 3.8) is 0 Å². The fourth-order valence-electron chi connectivity index (χ4n) is 11.1. The van der Waals surface area contributed by atoms with Crippen molar-refractivity contribution in [3.8, 4) is 50.7 Å². The molecule has 0 unspecified atom stereocenters. The van der Waals surface area contributed by atoms with Crippen LogP contribution in [0.5, 0.6) is 11.5 Å². The highest BCUT2D eigenvalue weighted by Crippen LogP contribution is 2.53. The van der Waals surface area contributed by atoms with Gasteiger partial charge in [0.15, 0.2) is 0 Å². The third kappa shape index (κ3) is 8.80. The lowest BCUT2D eigenvalue weighted by Crippen LogP contribution is -2.25. The lowest BCUT2D eigenvalue weighted by molar-refractivity contribution is 0.484. The van der Waals surface area contributed by atoms with Gasteiger partial charge in [0.2, 0.25) is 0 Å². The third-order valence-corrected chi connectivity index (χ3v) is 16.6. The number of rotatable bonds is 8. The Morgan fingerprint density at radius 1 is 0.421 bits per heavy atom. The molecule has 11 aromatic rings.